The van der Waals surface area contributed by atoms with Crippen LogP contribution in [0.2, 0.25) is 0 Å². The summed E-state index contributed by atoms with van der Waals surface area (Å²) < 4.78 is 57.1. The van der Waals surface area contributed by atoms with Crippen molar-refractivity contribution in [1.82, 2.24) is 19.7 Å². The molecule has 9 nitrogen and oxygen atoms in total. The Balaban J connectivity index is 1.75. The molecule has 0 radical (unpaired) electrons. The van der Waals surface area contributed by atoms with Crippen molar-refractivity contribution in [2.75, 3.05) is 17.2 Å². The SMILES string of the molecule is Cn1ccc(-c2cc(C(O)Nc3cnc(NC(=O)CO)nc3-c3ccccc3)c(F)cc2C(F)(F)F)n1. The summed E-state index contributed by atoms with van der Waals surface area (Å²) in [6.07, 6.45) is -4.04. The minimum atomic E-state index is -4.87. The van der Waals surface area contributed by atoms with Crippen LogP contribution in [0.15, 0.2) is 60.9 Å². The molecule has 0 aliphatic rings. The van der Waals surface area contributed by atoms with E-state index in [2.05, 4.69) is 25.7 Å². The summed E-state index contributed by atoms with van der Waals surface area (Å²) in [6.45, 7) is -0.797. The Hall–Kier alpha value is -4.36. The smallest absolute Gasteiger partial charge is 0.387 e. The van der Waals surface area contributed by atoms with Crippen LogP contribution < -0.4 is 10.6 Å². The third kappa shape index (κ3) is 5.73. The molecule has 13 heteroatoms. The molecule has 192 valence electrons. The minimum Gasteiger partial charge on any atom is -0.387 e. The molecular weight excluding hydrogens is 496 g/mol. The Labute approximate surface area is 207 Å². The average Bonchev–Trinajstić information content (AvgIpc) is 3.30. The Morgan fingerprint density at radius 2 is 1.89 bits per heavy atom. The van der Waals surface area contributed by atoms with Gasteiger partial charge in [0.1, 0.15) is 12.4 Å². The van der Waals surface area contributed by atoms with Gasteiger partial charge >= 0.3 is 6.18 Å². The predicted octanol–water partition coefficient (Wildman–Crippen LogP) is 3.74. The number of aliphatic hydroxyl groups excluding tert-OH is 2. The molecule has 0 spiro atoms. The molecular formula is C24H20F4N6O3. The number of nitrogens with one attached hydrogen (secondary N) is 2. The molecule has 2 aromatic heterocycles. The van der Waals surface area contributed by atoms with E-state index in [1.165, 1.54) is 30.2 Å². The average molecular weight is 516 g/mol. The van der Waals surface area contributed by atoms with Crippen molar-refractivity contribution in [3.05, 3.63) is 77.9 Å². The first kappa shape index (κ1) is 25.7. The normalized spacial score (nSPS) is 12.3. The van der Waals surface area contributed by atoms with Gasteiger partial charge in [0, 0.05) is 29.9 Å². The molecule has 1 amide bonds. The molecule has 0 saturated heterocycles. The number of halogens is 4. The summed E-state index contributed by atoms with van der Waals surface area (Å²) in [4.78, 5) is 19.7. The monoisotopic (exact) mass is 516 g/mol. The van der Waals surface area contributed by atoms with Crippen LogP contribution in [0.4, 0.5) is 29.2 Å². The van der Waals surface area contributed by atoms with Crippen LogP contribution in [-0.2, 0) is 18.0 Å². The van der Waals surface area contributed by atoms with E-state index >= 15 is 0 Å². The van der Waals surface area contributed by atoms with E-state index in [0.29, 0.717) is 11.6 Å². The lowest BCUT2D eigenvalue weighted by molar-refractivity contribution is -0.137. The van der Waals surface area contributed by atoms with Crippen molar-refractivity contribution in [2.45, 2.75) is 12.4 Å². The number of carbonyl (C=O) groups excluding carboxylic acids is 1. The summed E-state index contributed by atoms with van der Waals surface area (Å²) in [6, 6.07) is 11.1. The molecule has 0 aliphatic carbocycles. The molecule has 4 rings (SSSR count). The van der Waals surface area contributed by atoms with Crippen molar-refractivity contribution < 1.29 is 32.6 Å². The maximum absolute atomic E-state index is 14.9. The van der Waals surface area contributed by atoms with Crippen LogP contribution in [0.5, 0.6) is 0 Å². The molecule has 1 atom stereocenters. The first-order valence-electron chi connectivity index (χ1n) is 10.7. The first-order chi connectivity index (χ1) is 17.6. The van der Waals surface area contributed by atoms with E-state index < -0.39 is 47.4 Å². The van der Waals surface area contributed by atoms with Gasteiger partial charge < -0.3 is 15.5 Å². The summed E-state index contributed by atoms with van der Waals surface area (Å²) >= 11 is 0. The fraction of sp³-hybridized carbons (Fsp3) is 0.167. The zero-order chi connectivity index (χ0) is 26.7. The second kappa shape index (κ2) is 10.3. The minimum absolute atomic E-state index is 0.0550. The van der Waals surface area contributed by atoms with Crippen LogP contribution >= 0.6 is 0 Å². The van der Waals surface area contributed by atoms with Gasteiger partial charge in [-0.3, -0.25) is 14.8 Å². The summed E-state index contributed by atoms with van der Waals surface area (Å²) in [5.41, 5.74) is -1.35. The largest absolute Gasteiger partial charge is 0.417 e. The van der Waals surface area contributed by atoms with Crippen molar-refractivity contribution in [3.8, 4) is 22.5 Å². The lowest BCUT2D eigenvalue weighted by Crippen LogP contribution is -2.19. The molecule has 1 unspecified atom stereocenters. The Kier molecular flexibility index (Phi) is 7.18. The van der Waals surface area contributed by atoms with E-state index in [4.69, 9.17) is 5.11 Å². The topological polar surface area (TPSA) is 125 Å². The number of nitrogens with zero attached hydrogens (tertiary/aromatic N) is 4. The molecule has 37 heavy (non-hydrogen) atoms. The zero-order valence-corrected chi connectivity index (χ0v) is 19.2. The highest BCUT2D eigenvalue weighted by atomic mass is 19.4. The number of hydrogen-bond acceptors (Lipinski definition) is 7. The third-order valence-electron chi connectivity index (χ3n) is 5.25. The van der Waals surface area contributed by atoms with E-state index in [1.54, 1.807) is 30.3 Å². The van der Waals surface area contributed by atoms with Crippen LogP contribution in [0.25, 0.3) is 22.5 Å². The van der Waals surface area contributed by atoms with Crippen molar-refractivity contribution in [1.29, 1.82) is 0 Å². The van der Waals surface area contributed by atoms with Gasteiger partial charge in [-0.05, 0) is 18.2 Å². The van der Waals surface area contributed by atoms with Crippen LogP contribution in [-0.4, -0.2) is 42.5 Å². The lowest BCUT2D eigenvalue weighted by atomic mass is 9.99. The maximum atomic E-state index is 14.9. The fourth-order valence-electron chi connectivity index (χ4n) is 3.56. The number of aromatic nitrogens is 4. The van der Waals surface area contributed by atoms with E-state index in [9.17, 15) is 27.5 Å². The number of amides is 1. The van der Waals surface area contributed by atoms with Crippen LogP contribution in [0.1, 0.15) is 17.4 Å². The van der Waals surface area contributed by atoms with Gasteiger partial charge in [-0.2, -0.15) is 18.3 Å². The second-order valence-electron chi connectivity index (χ2n) is 7.87. The predicted molar refractivity (Wildman–Crippen MR) is 125 cm³/mol. The standard InChI is InChI=1S/C24H20F4N6O3/c1-34-8-7-18(33-34)14-9-15(17(25)10-16(14)24(26,27)28)22(37)30-19-11-29-23(31-20(36)12-35)32-21(19)13-5-3-2-4-6-13/h2-11,22,30,35,37H,12H2,1H3,(H,29,31,32,36). The van der Waals surface area contributed by atoms with Crippen molar-refractivity contribution in [2.24, 2.45) is 7.05 Å². The van der Waals surface area contributed by atoms with Crippen LogP contribution in [0, 0.1) is 5.82 Å². The number of rotatable bonds is 7. The number of carbonyl (C=O) groups is 1. The van der Waals surface area contributed by atoms with Gasteiger partial charge in [0.05, 0.1) is 28.8 Å². The van der Waals surface area contributed by atoms with Gasteiger partial charge in [-0.1, -0.05) is 30.3 Å². The molecule has 4 N–H and O–H groups in total. The number of hydrogen-bond donors (Lipinski definition) is 4. The Morgan fingerprint density at radius 1 is 1.16 bits per heavy atom. The third-order valence-corrected chi connectivity index (χ3v) is 5.25. The number of aryl methyl sites for hydroxylation is 1. The Bertz CT molecular complexity index is 1430. The molecule has 0 fully saturated rings. The molecule has 2 heterocycles. The Morgan fingerprint density at radius 3 is 2.51 bits per heavy atom. The van der Waals surface area contributed by atoms with Gasteiger partial charge in [0.15, 0.2) is 6.23 Å². The summed E-state index contributed by atoms with van der Waals surface area (Å²) in [5.74, 6) is -2.19. The zero-order valence-electron chi connectivity index (χ0n) is 19.2. The molecule has 0 saturated carbocycles. The highest BCUT2D eigenvalue weighted by Gasteiger charge is 2.36. The molecule has 0 bridgehead atoms. The van der Waals surface area contributed by atoms with Crippen LogP contribution in [0.3, 0.4) is 0 Å². The molecule has 2 aromatic carbocycles. The number of alkyl halides is 3. The quantitative estimate of drug-likeness (QED) is 0.218. The number of aliphatic hydroxyl groups is 2. The fourth-order valence-corrected chi connectivity index (χ4v) is 3.56. The van der Waals surface area contributed by atoms with Crippen molar-refractivity contribution >= 4 is 17.5 Å². The van der Waals surface area contributed by atoms with E-state index in [1.807, 2.05) is 0 Å². The van der Waals surface area contributed by atoms with Crippen molar-refractivity contribution in [3.63, 3.8) is 0 Å². The lowest BCUT2D eigenvalue weighted by Gasteiger charge is -2.20. The van der Waals surface area contributed by atoms with Gasteiger partial charge in [-0.25, -0.2) is 14.4 Å². The van der Waals surface area contributed by atoms with Gasteiger partial charge in [0.25, 0.3) is 5.91 Å². The summed E-state index contributed by atoms with van der Waals surface area (Å²) in [5, 5.41) is 28.7. The maximum Gasteiger partial charge on any atom is 0.417 e. The molecule has 0 aliphatic heterocycles. The highest BCUT2D eigenvalue weighted by Crippen LogP contribution is 2.39. The molecule has 4 aromatic rings. The first-order valence-corrected chi connectivity index (χ1v) is 10.7. The van der Waals surface area contributed by atoms with E-state index in [0.717, 1.165) is 6.07 Å². The number of benzene rings is 2. The summed E-state index contributed by atoms with van der Waals surface area (Å²) in [7, 11) is 1.52. The number of anilines is 2. The second-order valence-corrected chi connectivity index (χ2v) is 7.87. The highest BCUT2D eigenvalue weighted by molar-refractivity contribution is 5.90. The van der Waals surface area contributed by atoms with Gasteiger partial charge in [0.2, 0.25) is 5.95 Å². The van der Waals surface area contributed by atoms with Gasteiger partial charge in [-0.15, -0.1) is 0 Å². The van der Waals surface area contributed by atoms with E-state index in [-0.39, 0.29) is 23.0 Å².